The quantitative estimate of drug-likeness (QED) is 0.0269. The average molecular weight is 1260 g/mol. The average Bonchev–Trinajstić information content (AvgIpc) is 1.00. The van der Waals surface area contributed by atoms with Gasteiger partial charge in [-0.3, -0.25) is 4.79 Å². The Morgan fingerprint density at radius 2 is 1.55 bits per heavy atom. The maximum Gasteiger partial charge on any atom is 0.340 e. The first-order chi connectivity index (χ1) is 46.0. The fraction of sp³-hybridized carbons (Fsp3) is 0.451. The summed E-state index contributed by atoms with van der Waals surface area (Å²) in [6, 6.07) is 33.0. The molecule has 5 bridgehead atoms. The van der Waals surface area contributed by atoms with Crippen molar-refractivity contribution in [3.05, 3.63) is 215 Å². The summed E-state index contributed by atoms with van der Waals surface area (Å²) in [5, 5.41) is 43.1. The van der Waals surface area contributed by atoms with Crippen LogP contribution < -0.4 is 10.4 Å². The molecule has 6 aromatic rings. The van der Waals surface area contributed by atoms with Gasteiger partial charge >= 0.3 is 17.6 Å². The number of aliphatic hydroxyl groups is 4. The molecule has 11 aliphatic rings. The Kier molecular flexibility index (Phi) is 15.1. The Labute approximate surface area is 548 Å². The van der Waals surface area contributed by atoms with Gasteiger partial charge in [0.05, 0.1) is 31.8 Å². The number of hydrogen-bond acceptors (Lipinski definition) is 12. The molecule has 12 heteroatoms. The zero-order valence-electron chi connectivity index (χ0n) is 53.4. The number of allylic oxidation sites excluding steroid dienone is 4. The summed E-state index contributed by atoms with van der Waals surface area (Å²) in [4.78, 5) is 47.5. The van der Waals surface area contributed by atoms with Crippen molar-refractivity contribution in [2.45, 2.75) is 169 Å². The second kappa shape index (κ2) is 23.6. The van der Waals surface area contributed by atoms with Crippen LogP contribution in [0.25, 0.3) is 23.1 Å². The van der Waals surface area contributed by atoms with Crippen LogP contribution in [0.4, 0.5) is 0 Å². The van der Waals surface area contributed by atoms with E-state index in [9.17, 15) is 25.2 Å². The summed E-state index contributed by atoms with van der Waals surface area (Å²) in [6.45, 7) is -0.292. The van der Waals surface area contributed by atoms with Crippen molar-refractivity contribution < 1.29 is 53.4 Å². The highest BCUT2D eigenvalue weighted by Crippen LogP contribution is 2.65. The number of carbonyl (C=O) groups is 2. The molecular weight excluding hydrogens is 1180 g/mol. The van der Waals surface area contributed by atoms with Gasteiger partial charge in [0.1, 0.15) is 18.1 Å². The SMILES string of the molecule is CC(CO)=C1CC2CCC3CC4C5C=Cc6ccccc6C5CC4C45CC#CCc6c(ccc2c63)C2C=CC(c3cccc6c3CCC3CCCC7C=Cc8ccccc8C673)CC2CC(=O)OC(c2c(ccc3c(CO)c(C(CCO)COCO)c(=O)oc23)O4)C5OC1=O. The number of esters is 2. The smallest absolute Gasteiger partial charge is 0.340 e. The second-order valence-electron chi connectivity index (χ2n) is 29.3. The minimum atomic E-state index is -1.48. The van der Waals surface area contributed by atoms with E-state index in [0.29, 0.717) is 54.1 Å². The van der Waals surface area contributed by atoms with Crippen LogP contribution >= 0.6 is 0 Å². The maximum absolute atomic E-state index is 16.4. The molecule has 3 fully saturated rings. The highest BCUT2D eigenvalue weighted by Gasteiger charge is 2.65. The molecule has 0 amide bonds. The van der Waals surface area contributed by atoms with E-state index >= 15 is 9.59 Å². The first-order valence-electron chi connectivity index (χ1n) is 34.9. The van der Waals surface area contributed by atoms with Gasteiger partial charge in [-0.05, 0) is 209 Å². The molecule has 482 valence electrons. The molecular formula is C82H82O12. The number of aliphatic hydroxyl groups excluding tert-OH is 4. The van der Waals surface area contributed by atoms with Gasteiger partial charge in [-0.25, -0.2) is 9.59 Å². The van der Waals surface area contributed by atoms with Crippen LogP contribution in [-0.4, -0.2) is 70.7 Å². The number of rotatable bonds is 9. The van der Waals surface area contributed by atoms with E-state index in [-0.39, 0.29) is 126 Å². The predicted molar refractivity (Wildman–Crippen MR) is 357 cm³/mol. The summed E-state index contributed by atoms with van der Waals surface area (Å²) in [7, 11) is 0. The van der Waals surface area contributed by atoms with Crippen molar-refractivity contribution in [3.8, 4) is 17.6 Å². The van der Waals surface area contributed by atoms with Crippen LogP contribution in [0.3, 0.4) is 0 Å². The standard InChI is InChI=1S/C82H82O12/c1-45(41-84)64-37-49-19-20-50-38-66-60-27-22-46-10-2-4-14-55(46)65(60)40-70(66)81-34-7-6-15-62-59(30-29-58(49)73(50)62)57-26-23-48(56-16-9-18-69-61(56)28-25-54-13-8-12-53-24-21-47-11-3-5-17-68(47)82(53,54)69)36-52(57)39-72(87)91-77(78(81)93-79(64)88)75-71(94-81)32-31-63-67(42-85)74(80(89)92-76(63)75)51(33-35-83)43-90-44-86/h2-5,9-11,14,16-18,21-24,26-27,29-32,48-54,57,60,65-66,70,77-78,83-86H,8,12-13,15,19-20,25,28,33-44H2,1H3. The Bertz CT molecular complexity index is 4360. The van der Waals surface area contributed by atoms with E-state index in [1.165, 1.54) is 74.0 Å². The van der Waals surface area contributed by atoms with Gasteiger partial charge in [0.2, 0.25) is 0 Å². The lowest BCUT2D eigenvalue weighted by Crippen LogP contribution is -2.61. The van der Waals surface area contributed by atoms with Gasteiger partial charge in [-0.15, -0.1) is 0 Å². The number of fused-ring (bicyclic) bond motifs is 16. The normalized spacial score (nSPS) is 32.7. The van der Waals surface area contributed by atoms with Crippen molar-refractivity contribution in [1.82, 2.24) is 0 Å². The summed E-state index contributed by atoms with van der Waals surface area (Å²) < 4.78 is 34.7. The van der Waals surface area contributed by atoms with Crippen molar-refractivity contribution >= 4 is 35.1 Å². The molecule has 16 unspecified atom stereocenters. The highest BCUT2D eigenvalue weighted by atomic mass is 16.6. The largest absolute Gasteiger partial charge is 0.481 e. The molecule has 4 heterocycles. The lowest BCUT2D eigenvalue weighted by atomic mass is 9.48. The number of hydrogen-bond donors (Lipinski definition) is 4. The summed E-state index contributed by atoms with van der Waals surface area (Å²) in [5.41, 5.74) is 13.3. The minimum Gasteiger partial charge on any atom is -0.481 e. The van der Waals surface area contributed by atoms with E-state index < -0.39 is 54.7 Å². The molecule has 4 N–H and O–H groups in total. The molecule has 16 atom stereocenters. The molecule has 2 saturated carbocycles. The zero-order chi connectivity index (χ0) is 63.7. The van der Waals surface area contributed by atoms with Gasteiger partial charge in [0.25, 0.3) is 0 Å². The fourth-order valence-corrected chi connectivity index (χ4v) is 21.5. The third kappa shape index (κ3) is 9.13. The summed E-state index contributed by atoms with van der Waals surface area (Å²) >= 11 is 0. The molecule has 94 heavy (non-hydrogen) atoms. The first kappa shape index (κ1) is 60.1. The molecule has 1 aromatic heterocycles. The van der Waals surface area contributed by atoms with Gasteiger partial charge < -0.3 is 43.8 Å². The second-order valence-corrected chi connectivity index (χ2v) is 29.3. The molecule has 1 saturated heterocycles. The van der Waals surface area contributed by atoms with Crippen LogP contribution in [0.1, 0.15) is 210 Å². The molecule has 3 aliphatic heterocycles. The van der Waals surface area contributed by atoms with E-state index in [1.807, 2.05) is 0 Å². The first-order valence-corrected chi connectivity index (χ1v) is 34.9. The number of ether oxygens (including phenoxy) is 4. The Balaban J connectivity index is 0.902. The summed E-state index contributed by atoms with van der Waals surface area (Å²) in [6.07, 6.45) is 22.0. The molecule has 17 rings (SSSR count). The Hall–Kier alpha value is -7.63. The minimum absolute atomic E-state index is 0.00238. The molecule has 12 nitrogen and oxygen atoms in total. The highest BCUT2D eigenvalue weighted by molar-refractivity contribution is 5.91. The third-order valence-electron chi connectivity index (χ3n) is 25.3. The van der Waals surface area contributed by atoms with E-state index in [4.69, 9.17) is 23.4 Å². The molecule has 5 aromatic carbocycles. The van der Waals surface area contributed by atoms with Crippen LogP contribution in [0, 0.1) is 47.3 Å². The lowest BCUT2D eigenvalue weighted by Gasteiger charge is -2.55. The van der Waals surface area contributed by atoms with Gasteiger partial charge in [0.15, 0.2) is 17.8 Å². The van der Waals surface area contributed by atoms with Crippen LogP contribution in [0.2, 0.25) is 0 Å². The Morgan fingerprint density at radius 3 is 2.41 bits per heavy atom. The molecule has 8 aliphatic carbocycles. The van der Waals surface area contributed by atoms with Crippen molar-refractivity contribution in [2.24, 2.45) is 35.5 Å². The van der Waals surface area contributed by atoms with E-state index in [1.54, 1.807) is 19.1 Å². The number of carbonyl (C=O) groups excluding carboxylic acids is 2. The molecule has 0 radical (unpaired) electrons. The van der Waals surface area contributed by atoms with Crippen molar-refractivity contribution in [1.29, 1.82) is 0 Å². The Morgan fingerprint density at radius 1 is 0.734 bits per heavy atom. The van der Waals surface area contributed by atoms with Gasteiger partial charge in [-0.2, -0.15) is 0 Å². The zero-order valence-corrected chi connectivity index (χ0v) is 53.4. The van der Waals surface area contributed by atoms with E-state index in [2.05, 4.69) is 127 Å². The maximum atomic E-state index is 16.4. The van der Waals surface area contributed by atoms with E-state index in [0.717, 1.165) is 38.5 Å². The third-order valence-corrected chi connectivity index (χ3v) is 25.3. The van der Waals surface area contributed by atoms with Crippen LogP contribution in [-0.2, 0) is 48.7 Å². The fourth-order valence-electron chi connectivity index (χ4n) is 21.5. The number of benzene rings is 5. The van der Waals surface area contributed by atoms with Crippen LogP contribution in [0.5, 0.6) is 5.75 Å². The van der Waals surface area contributed by atoms with Crippen molar-refractivity contribution in [2.75, 3.05) is 26.6 Å². The lowest BCUT2D eigenvalue weighted by molar-refractivity contribution is -0.205. The van der Waals surface area contributed by atoms with Gasteiger partial charge in [0, 0.05) is 65.1 Å². The monoisotopic (exact) mass is 1260 g/mol. The van der Waals surface area contributed by atoms with Gasteiger partial charge in [-0.1, -0.05) is 134 Å². The van der Waals surface area contributed by atoms with Crippen molar-refractivity contribution in [3.63, 3.8) is 0 Å². The molecule has 2 spiro atoms. The topological polar surface area (TPSA) is 182 Å². The predicted octanol–water partition coefficient (Wildman–Crippen LogP) is 13.6. The summed E-state index contributed by atoms with van der Waals surface area (Å²) in [5.74, 6) is 6.06. The van der Waals surface area contributed by atoms with Crippen LogP contribution in [0.15, 0.2) is 136 Å².